The molecule has 1 aromatic carbocycles. The van der Waals surface area contributed by atoms with Gasteiger partial charge in [0.1, 0.15) is 12.1 Å². The highest BCUT2D eigenvalue weighted by Gasteiger charge is 2.01. The summed E-state index contributed by atoms with van der Waals surface area (Å²) in [5.41, 5.74) is 0.947. The fourth-order valence-corrected chi connectivity index (χ4v) is 1.59. The van der Waals surface area contributed by atoms with E-state index in [0.717, 1.165) is 21.2 Å². The number of anilines is 1. The first-order valence-corrected chi connectivity index (χ1v) is 4.68. The maximum absolute atomic E-state index is 4.16. The Labute approximate surface area is 84.3 Å². The Morgan fingerprint density at radius 2 is 2.15 bits per heavy atom. The molecule has 0 aliphatic heterocycles. The Morgan fingerprint density at radius 1 is 1.31 bits per heavy atom. The fraction of sp³-hybridized carbons (Fsp3) is 0.111. The topological polar surface area (TPSA) is 37.8 Å². The summed E-state index contributed by atoms with van der Waals surface area (Å²) in [5, 5.41) is 4.05. The molecule has 0 aliphatic rings. The first-order valence-electron chi connectivity index (χ1n) is 3.89. The van der Waals surface area contributed by atoms with Crippen molar-refractivity contribution in [2.75, 3.05) is 12.4 Å². The van der Waals surface area contributed by atoms with Crippen LogP contribution in [0.15, 0.2) is 29.0 Å². The number of benzene rings is 1. The number of fused-ring (bicyclic) bond motifs is 1. The van der Waals surface area contributed by atoms with Gasteiger partial charge in [-0.05, 0) is 18.2 Å². The van der Waals surface area contributed by atoms with Crippen molar-refractivity contribution < 1.29 is 0 Å². The molecule has 4 heteroatoms. The predicted octanol–water partition coefficient (Wildman–Crippen LogP) is 2.43. The van der Waals surface area contributed by atoms with Crippen molar-refractivity contribution in [3.63, 3.8) is 0 Å². The van der Waals surface area contributed by atoms with E-state index in [0.29, 0.717) is 0 Å². The van der Waals surface area contributed by atoms with Crippen molar-refractivity contribution in [2.24, 2.45) is 0 Å². The van der Waals surface area contributed by atoms with Gasteiger partial charge >= 0.3 is 0 Å². The molecule has 0 aliphatic carbocycles. The molecule has 13 heavy (non-hydrogen) atoms. The monoisotopic (exact) mass is 237 g/mol. The Hall–Kier alpha value is -1.16. The third kappa shape index (κ3) is 1.49. The minimum atomic E-state index is 0.853. The molecule has 0 unspecified atom stereocenters. The highest BCUT2D eigenvalue weighted by Crippen LogP contribution is 2.22. The van der Waals surface area contributed by atoms with Gasteiger partial charge < -0.3 is 5.32 Å². The molecule has 0 fully saturated rings. The summed E-state index contributed by atoms with van der Waals surface area (Å²) < 4.78 is 1.03. The standard InChI is InChI=1S/C9H8BrN3/c1-11-9-7-4-6(10)2-3-8(7)12-5-13-9/h2-5H,1H3,(H,11,12,13). The van der Waals surface area contributed by atoms with Crippen molar-refractivity contribution in [2.45, 2.75) is 0 Å². The Morgan fingerprint density at radius 3 is 2.92 bits per heavy atom. The van der Waals surface area contributed by atoms with Gasteiger partial charge in [0, 0.05) is 16.9 Å². The van der Waals surface area contributed by atoms with Gasteiger partial charge in [-0.3, -0.25) is 0 Å². The molecule has 3 nitrogen and oxygen atoms in total. The Bertz CT molecular complexity index is 442. The smallest absolute Gasteiger partial charge is 0.137 e. The van der Waals surface area contributed by atoms with Gasteiger partial charge in [0.15, 0.2) is 0 Å². The van der Waals surface area contributed by atoms with Crippen LogP contribution >= 0.6 is 15.9 Å². The number of rotatable bonds is 1. The van der Waals surface area contributed by atoms with Crippen LogP contribution in [0.5, 0.6) is 0 Å². The van der Waals surface area contributed by atoms with E-state index in [2.05, 4.69) is 31.2 Å². The van der Waals surface area contributed by atoms with Crippen molar-refractivity contribution in [1.82, 2.24) is 9.97 Å². The Kier molecular flexibility index (Phi) is 2.14. The number of nitrogens with one attached hydrogen (secondary N) is 1. The van der Waals surface area contributed by atoms with E-state index in [1.165, 1.54) is 0 Å². The highest BCUT2D eigenvalue weighted by molar-refractivity contribution is 9.10. The van der Waals surface area contributed by atoms with Crippen LogP contribution < -0.4 is 5.32 Å². The second kappa shape index (κ2) is 3.30. The maximum atomic E-state index is 4.16. The lowest BCUT2D eigenvalue weighted by Crippen LogP contribution is -1.94. The normalized spacial score (nSPS) is 10.3. The number of hydrogen-bond acceptors (Lipinski definition) is 3. The van der Waals surface area contributed by atoms with Crippen LogP contribution in [0, 0.1) is 0 Å². The van der Waals surface area contributed by atoms with Crippen molar-refractivity contribution >= 4 is 32.7 Å². The van der Waals surface area contributed by atoms with Crippen LogP contribution in [0.25, 0.3) is 10.9 Å². The number of halogens is 1. The molecule has 66 valence electrons. The van der Waals surface area contributed by atoms with Gasteiger partial charge in [-0.2, -0.15) is 0 Å². The molecule has 0 bridgehead atoms. The van der Waals surface area contributed by atoms with Gasteiger partial charge in [-0.15, -0.1) is 0 Å². The average Bonchev–Trinajstić information content (AvgIpc) is 2.17. The van der Waals surface area contributed by atoms with E-state index >= 15 is 0 Å². The summed E-state index contributed by atoms with van der Waals surface area (Å²) in [6.07, 6.45) is 1.56. The number of aromatic nitrogens is 2. The van der Waals surface area contributed by atoms with Crippen LogP contribution in [-0.4, -0.2) is 17.0 Å². The number of hydrogen-bond donors (Lipinski definition) is 1. The van der Waals surface area contributed by atoms with Gasteiger partial charge in [0.2, 0.25) is 0 Å². The third-order valence-corrected chi connectivity index (χ3v) is 2.33. The molecular weight excluding hydrogens is 230 g/mol. The van der Waals surface area contributed by atoms with E-state index in [4.69, 9.17) is 0 Å². The summed E-state index contributed by atoms with van der Waals surface area (Å²) in [6.45, 7) is 0. The van der Waals surface area contributed by atoms with E-state index in [1.54, 1.807) is 6.33 Å². The quantitative estimate of drug-likeness (QED) is 0.829. The molecule has 2 rings (SSSR count). The summed E-state index contributed by atoms with van der Waals surface area (Å²) in [7, 11) is 1.85. The minimum absolute atomic E-state index is 0.853. The molecule has 1 N–H and O–H groups in total. The third-order valence-electron chi connectivity index (χ3n) is 1.83. The molecule has 1 heterocycles. The van der Waals surface area contributed by atoms with Crippen LogP contribution in [0.3, 0.4) is 0 Å². The molecule has 1 aromatic heterocycles. The zero-order chi connectivity index (χ0) is 9.26. The second-order valence-electron chi connectivity index (χ2n) is 2.63. The molecule has 0 saturated carbocycles. The molecule has 0 amide bonds. The zero-order valence-electron chi connectivity index (χ0n) is 7.08. The molecular formula is C9H8BrN3. The van der Waals surface area contributed by atoms with Crippen molar-refractivity contribution in [1.29, 1.82) is 0 Å². The fourth-order valence-electron chi connectivity index (χ4n) is 1.23. The highest BCUT2D eigenvalue weighted by atomic mass is 79.9. The zero-order valence-corrected chi connectivity index (χ0v) is 8.67. The van der Waals surface area contributed by atoms with E-state index < -0.39 is 0 Å². The lowest BCUT2D eigenvalue weighted by Gasteiger charge is -2.03. The Balaban J connectivity index is 2.79. The summed E-state index contributed by atoms with van der Waals surface area (Å²) in [5.74, 6) is 0.853. The first-order chi connectivity index (χ1) is 6.31. The van der Waals surface area contributed by atoms with Gasteiger partial charge in [0.05, 0.1) is 5.52 Å². The van der Waals surface area contributed by atoms with E-state index in [-0.39, 0.29) is 0 Å². The maximum Gasteiger partial charge on any atom is 0.137 e. The van der Waals surface area contributed by atoms with Crippen molar-refractivity contribution in [3.8, 4) is 0 Å². The van der Waals surface area contributed by atoms with Crippen LogP contribution in [-0.2, 0) is 0 Å². The lowest BCUT2D eigenvalue weighted by molar-refractivity contribution is 1.21. The van der Waals surface area contributed by atoms with E-state index in [9.17, 15) is 0 Å². The molecule has 0 atom stereocenters. The molecule has 0 spiro atoms. The lowest BCUT2D eigenvalue weighted by atomic mass is 10.2. The minimum Gasteiger partial charge on any atom is -0.373 e. The molecule has 0 radical (unpaired) electrons. The first kappa shape index (κ1) is 8.44. The average molecular weight is 238 g/mol. The summed E-state index contributed by atoms with van der Waals surface area (Å²) in [6, 6.07) is 5.93. The predicted molar refractivity (Wildman–Crippen MR) is 56.8 cm³/mol. The second-order valence-corrected chi connectivity index (χ2v) is 3.55. The SMILES string of the molecule is CNc1ncnc2ccc(Br)cc12. The van der Waals surface area contributed by atoms with Crippen LogP contribution in [0.2, 0.25) is 0 Å². The summed E-state index contributed by atoms with van der Waals surface area (Å²) in [4.78, 5) is 8.28. The molecule has 2 aromatic rings. The number of nitrogens with zero attached hydrogens (tertiary/aromatic N) is 2. The van der Waals surface area contributed by atoms with Gasteiger partial charge in [-0.1, -0.05) is 15.9 Å². The van der Waals surface area contributed by atoms with E-state index in [1.807, 2.05) is 25.2 Å². The van der Waals surface area contributed by atoms with Gasteiger partial charge in [0.25, 0.3) is 0 Å². The molecule has 0 saturated heterocycles. The summed E-state index contributed by atoms with van der Waals surface area (Å²) >= 11 is 3.41. The van der Waals surface area contributed by atoms with Crippen LogP contribution in [0.1, 0.15) is 0 Å². The van der Waals surface area contributed by atoms with Gasteiger partial charge in [-0.25, -0.2) is 9.97 Å². The van der Waals surface area contributed by atoms with Crippen LogP contribution in [0.4, 0.5) is 5.82 Å². The van der Waals surface area contributed by atoms with Crippen molar-refractivity contribution in [3.05, 3.63) is 29.0 Å². The largest absolute Gasteiger partial charge is 0.373 e.